The van der Waals surface area contributed by atoms with Gasteiger partial charge in [0.1, 0.15) is 0 Å². The Bertz CT molecular complexity index is 426. The van der Waals surface area contributed by atoms with Gasteiger partial charge in [0.05, 0.1) is 0 Å². The number of para-hydroxylation sites is 1. The van der Waals surface area contributed by atoms with Crippen LogP contribution in [0.2, 0.25) is 0 Å². The highest BCUT2D eigenvalue weighted by Crippen LogP contribution is 2.31. The fourth-order valence-electron chi connectivity index (χ4n) is 2.22. The number of nitrogens with two attached hydrogens (primary N) is 1. The molecule has 0 saturated carbocycles. The molecule has 0 aromatic heterocycles. The average molecular weight is 232 g/mol. The third-order valence-electron chi connectivity index (χ3n) is 3.46. The van der Waals surface area contributed by atoms with E-state index in [4.69, 9.17) is 5.73 Å². The number of piperidine rings is 1. The van der Waals surface area contributed by atoms with Crippen LogP contribution in [-0.4, -0.2) is 17.4 Å². The van der Waals surface area contributed by atoms with Gasteiger partial charge in [-0.2, -0.15) is 0 Å². The van der Waals surface area contributed by atoms with Gasteiger partial charge in [-0.25, -0.2) is 0 Å². The lowest BCUT2D eigenvalue weighted by atomic mass is 9.82. The monoisotopic (exact) mass is 232 g/mol. The SMILES string of the molecule is CC1(C)CCN(Cc2ccccc2N)C(=O)C1. The first-order chi connectivity index (χ1) is 7.98. The second-order valence-corrected chi connectivity index (χ2v) is 5.61. The number of benzene rings is 1. The van der Waals surface area contributed by atoms with E-state index in [0.29, 0.717) is 13.0 Å². The van der Waals surface area contributed by atoms with Crippen LogP contribution >= 0.6 is 0 Å². The minimum absolute atomic E-state index is 0.149. The summed E-state index contributed by atoms with van der Waals surface area (Å²) in [6.45, 7) is 5.78. The summed E-state index contributed by atoms with van der Waals surface area (Å²) < 4.78 is 0. The molecule has 1 heterocycles. The predicted octanol–water partition coefficient (Wildman–Crippen LogP) is 2.42. The van der Waals surface area contributed by atoms with Crippen LogP contribution in [0.5, 0.6) is 0 Å². The molecule has 2 N–H and O–H groups in total. The maximum atomic E-state index is 12.0. The summed E-state index contributed by atoms with van der Waals surface area (Å²) >= 11 is 0. The zero-order valence-electron chi connectivity index (χ0n) is 10.6. The molecule has 1 aliphatic rings. The highest BCUT2D eigenvalue weighted by molar-refractivity contribution is 5.77. The molecule has 17 heavy (non-hydrogen) atoms. The molecule has 1 aromatic rings. The molecule has 0 spiro atoms. The van der Waals surface area contributed by atoms with Gasteiger partial charge >= 0.3 is 0 Å². The van der Waals surface area contributed by atoms with Gasteiger partial charge in [0.2, 0.25) is 5.91 Å². The summed E-state index contributed by atoms with van der Waals surface area (Å²) in [5.74, 6) is 0.240. The van der Waals surface area contributed by atoms with Crippen LogP contribution in [0.15, 0.2) is 24.3 Å². The summed E-state index contributed by atoms with van der Waals surface area (Å²) in [7, 11) is 0. The van der Waals surface area contributed by atoms with Crippen molar-refractivity contribution in [1.29, 1.82) is 0 Å². The third kappa shape index (κ3) is 2.78. The van der Waals surface area contributed by atoms with E-state index < -0.39 is 0 Å². The van der Waals surface area contributed by atoms with Crippen molar-refractivity contribution in [3.8, 4) is 0 Å². The minimum atomic E-state index is 0.149. The summed E-state index contributed by atoms with van der Waals surface area (Å²) in [6, 6.07) is 7.75. The highest BCUT2D eigenvalue weighted by atomic mass is 16.2. The smallest absolute Gasteiger partial charge is 0.223 e. The lowest BCUT2D eigenvalue weighted by Gasteiger charge is -2.36. The van der Waals surface area contributed by atoms with Crippen LogP contribution in [0.1, 0.15) is 32.3 Å². The van der Waals surface area contributed by atoms with E-state index in [1.807, 2.05) is 29.2 Å². The van der Waals surface area contributed by atoms with E-state index in [1.54, 1.807) is 0 Å². The fourth-order valence-corrected chi connectivity index (χ4v) is 2.22. The van der Waals surface area contributed by atoms with Crippen LogP contribution in [0.4, 0.5) is 5.69 Å². The van der Waals surface area contributed by atoms with E-state index in [1.165, 1.54) is 0 Å². The number of carbonyl (C=O) groups is 1. The molecular formula is C14H20N2O. The zero-order chi connectivity index (χ0) is 12.5. The van der Waals surface area contributed by atoms with Crippen molar-refractivity contribution in [2.75, 3.05) is 12.3 Å². The van der Waals surface area contributed by atoms with Gasteiger partial charge in [0, 0.05) is 25.2 Å². The number of nitrogens with zero attached hydrogens (tertiary/aromatic N) is 1. The molecule has 0 radical (unpaired) electrons. The topological polar surface area (TPSA) is 46.3 Å². The quantitative estimate of drug-likeness (QED) is 0.796. The maximum absolute atomic E-state index is 12.0. The first kappa shape index (κ1) is 12.0. The highest BCUT2D eigenvalue weighted by Gasteiger charge is 2.31. The number of nitrogen functional groups attached to an aromatic ring is 1. The Labute approximate surface area is 103 Å². The van der Waals surface area contributed by atoms with Gasteiger partial charge in [-0.3, -0.25) is 4.79 Å². The zero-order valence-corrected chi connectivity index (χ0v) is 10.6. The number of hydrogen-bond acceptors (Lipinski definition) is 2. The van der Waals surface area contributed by atoms with Crippen LogP contribution in [0.25, 0.3) is 0 Å². The van der Waals surface area contributed by atoms with Crippen LogP contribution in [0, 0.1) is 5.41 Å². The van der Waals surface area contributed by atoms with Gasteiger partial charge in [0.25, 0.3) is 0 Å². The largest absolute Gasteiger partial charge is 0.398 e. The Kier molecular flexibility index (Phi) is 3.09. The number of amides is 1. The molecule has 0 unspecified atom stereocenters. The van der Waals surface area contributed by atoms with E-state index in [0.717, 1.165) is 24.2 Å². The minimum Gasteiger partial charge on any atom is -0.398 e. The molecule has 0 atom stereocenters. The first-order valence-electron chi connectivity index (χ1n) is 6.09. The Morgan fingerprint density at radius 1 is 1.35 bits per heavy atom. The summed E-state index contributed by atoms with van der Waals surface area (Å²) in [5.41, 5.74) is 7.86. The number of carbonyl (C=O) groups excluding carboxylic acids is 1. The predicted molar refractivity (Wildman–Crippen MR) is 69.3 cm³/mol. The molecule has 92 valence electrons. The Hall–Kier alpha value is -1.51. The molecule has 1 aliphatic heterocycles. The maximum Gasteiger partial charge on any atom is 0.223 e. The van der Waals surface area contributed by atoms with Crippen molar-refractivity contribution in [1.82, 2.24) is 4.90 Å². The van der Waals surface area contributed by atoms with Crippen molar-refractivity contribution in [2.24, 2.45) is 5.41 Å². The van der Waals surface area contributed by atoms with Crippen molar-refractivity contribution < 1.29 is 4.79 Å². The van der Waals surface area contributed by atoms with Crippen LogP contribution in [0.3, 0.4) is 0 Å². The van der Waals surface area contributed by atoms with Crippen molar-refractivity contribution in [3.05, 3.63) is 29.8 Å². The lowest BCUT2D eigenvalue weighted by molar-refractivity contribution is -0.137. The van der Waals surface area contributed by atoms with Crippen molar-refractivity contribution in [2.45, 2.75) is 33.2 Å². The summed E-state index contributed by atoms with van der Waals surface area (Å²) in [6.07, 6.45) is 1.70. The standard InChI is InChI=1S/C14H20N2O/c1-14(2)7-8-16(13(17)9-14)10-11-5-3-4-6-12(11)15/h3-6H,7-10,15H2,1-2H3. The van der Waals surface area contributed by atoms with Crippen molar-refractivity contribution >= 4 is 11.6 Å². The average Bonchev–Trinajstić information content (AvgIpc) is 2.24. The van der Waals surface area contributed by atoms with Gasteiger partial charge in [-0.1, -0.05) is 32.0 Å². The Balaban J connectivity index is 2.06. The molecule has 3 heteroatoms. The number of anilines is 1. The molecule has 1 saturated heterocycles. The molecule has 1 aromatic carbocycles. The molecule has 2 rings (SSSR count). The van der Waals surface area contributed by atoms with Gasteiger partial charge in [0.15, 0.2) is 0 Å². The normalized spacial score (nSPS) is 19.4. The van der Waals surface area contributed by atoms with Crippen molar-refractivity contribution in [3.63, 3.8) is 0 Å². The first-order valence-corrected chi connectivity index (χ1v) is 6.09. The second-order valence-electron chi connectivity index (χ2n) is 5.61. The van der Waals surface area contributed by atoms with E-state index in [-0.39, 0.29) is 11.3 Å². The molecule has 3 nitrogen and oxygen atoms in total. The van der Waals surface area contributed by atoms with Gasteiger partial charge < -0.3 is 10.6 Å². The molecule has 1 fully saturated rings. The third-order valence-corrected chi connectivity index (χ3v) is 3.46. The number of rotatable bonds is 2. The molecule has 0 bridgehead atoms. The molecular weight excluding hydrogens is 212 g/mol. The number of likely N-dealkylation sites (tertiary alicyclic amines) is 1. The van der Waals surface area contributed by atoms with Crippen LogP contribution < -0.4 is 5.73 Å². The second kappa shape index (κ2) is 4.40. The Morgan fingerprint density at radius 3 is 2.71 bits per heavy atom. The molecule has 0 aliphatic carbocycles. The van der Waals surface area contributed by atoms with E-state index in [2.05, 4.69) is 13.8 Å². The molecule has 1 amide bonds. The van der Waals surface area contributed by atoms with E-state index in [9.17, 15) is 4.79 Å². The summed E-state index contributed by atoms with van der Waals surface area (Å²) in [4.78, 5) is 13.9. The van der Waals surface area contributed by atoms with Gasteiger partial charge in [-0.05, 0) is 23.5 Å². The summed E-state index contributed by atoms with van der Waals surface area (Å²) in [5, 5.41) is 0. The Morgan fingerprint density at radius 2 is 2.06 bits per heavy atom. The number of hydrogen-bond donors (Lipinski definition) is 1. The van der Waals surface area contributed by atoms with Crippen LogP contribution in [-0.2, 0) is 11.3 Å². The fraction of sp³-hybridized carbons (Fsp3) is 0.500. The van der Waals surface area contributed by atoms with Gasteiger partial charge in [-0.15, -0.1) is 0 Å². The lowest BCUT2D eigenvalue weighted by Crippen LogP contribution is -2.41. The van der Waals surface area contributed by atoms with E-state index >= 15 is 0 Å².